The standard InChI is InChI=1S/C23H22N8O5S2/c24-22-25-10-15(11-26-22)18-13-31(7-8-36-18)23-27-12-19-17(28-23)9-21(37-19)30-38(34,35)16-4-1-14(2-5-16)3-6-20(32)29-33/h1-6,9-12,18,30,33H,7-8,13H2,(H,29,32)(H2,24,25,26). The molecule has 0 bridgehead atoms. The number of thiophene rings is 1. The van der Waals surface area contributed by atoms with Crippen molar-refractivity contribution < 1.29 is 23.2 Å². The van der Waals surface area contributed by atoms with Crippen molar-refractivity contribution in [3.63, 3.8) is 0 Å². The number of rotatable bonds is 7. The van der Waals surface area contributed by atoms with Gasteiger partial charge < -0.3 is 15.4 Å². The van der Waals surface area contributed by atoms with Crippen LogP contribution in [-0.2, 0) is 19.6 Å². The van der Waals surface area contributed by atoms with Gasteiger partial charge in [0, 0.05) is 30.6 Å². The van der Waals surface area contributed by atoms with Gasteiger partial charge >= 0.3 is 0 Å². The van der Waals surface area contributed by atoms with E-state index in [2.05, 4.69) is 24.7 Å². The number of carbonyl (C=O) groups is 1. The van der Waals surface area contributed by atoms with E-state index in [0.29, 0.717) is 41.7 Å². The van der Waals surface area contributed by atoms with Crippen LogP contribution in [-0.4, -0.2) is 59.2 Å². The largest absolute Gasteiger partial charge is 0.370 e. The number of fused-ring (bicyclic) bond motifs is 1. The normalized spacial score (nSPS) is 16.1. The Bertz CT molecular complexity index is 1590. The van der Waals surface area contributed by atoms with Crippen LogP contribution in [0.5, 0.6) is 0 Å². The Morgan fingerprint density at radius 1 is 1.18 bits per heavy atom. The lowest BCUT2D eigenvalue weighted by atomic mass is 10.1. The fraction of sp³-hybridized carbons (Fsp3) is 0.174. The first kappa shape index (κ1) is 25.5. The zero-order valence-corrected chi connectivity index (χ0v) is 21.3. The third-order valence-corrected chi connectivity index (χ3v) is 8.12. The lowest BCUT2D eigenvalue weighted by molar-refractivity contribution is -0.124. The number of anilines is 3. The van der Waals surface area contributed by atoms with Gasteiger partial charge in [0.05, 0.1) is 34.5 Å². The molecular formula is C23H22N8O5S2. The zero-order valence-electron chi connectivity index (χ0n) is 19.7. The average molecular weight is 555 g/mol. The van der Waals surface area contributed by atoms with E-state index >= 15 is 0 Å². The highest BCUT2D eigenvalue weighted by molar-refractivity contribution is 7.93. The van der Waals surface area contributed by atoms with E-state index in [1.54, 1.807) is 36.8 Å². The second kappa shape index (κ2) is 10.7. The summed E-state index contributed by atoms with van der Waals surface area (Å²) in [5, 5.41) is 8.94. The van der Waals surface area contributed by atoms with E-state index in [9.17, 15) is 13.2 Å². The Hall–Kier alpha value is -4.18. The van der Waals surface area contributed by atoms with Crippen molar-refractivity contribution in [1.82, 2.24) is 25.4 Å². The van der Waals surface area contributed by atoms with Crippen LogP contribution in [0.25, 0.3) is 16.3 Å². The van der Waals surface area contributed by atoms with Crippen LogP contribution in [0, 0.1) is 0 Å². The summed E-state index contributed by atoms with van der Waals surface area (Å²) in [6.45, 7) is 1.56. The third kappa shape index (κ3) is 5.70. The number of sulfonamides is 1. The highest BCUT2D eigenvalue weighted by Crippen LogP contribution is 2.32. The number of nitrogens with two attached hydrogens (primary N) is 1. The second-order valence-electron chi connectivity index (χ2n) is 8.19. The molecule has 4 aromatic rings. The lowest BCUT2D eigenvalue weighted by Crippen LogP contribution is -2.39. The molecule has 1 fully saturated rings. The fourth-order valence-corrected chi connectivity index (χ4v) is 5.89. The predicted octanol–water partition coefficient (Wildman–Crippen LogP) is 1.96. The SMILES string of the molecule is Nc1ncc(C2CN(c3ncc4sc(NS(=O)(=O)c5ccc(C=CC(=O)NO)cc5)cc4n3)CCO2)cn1. The van der Waals surface area contributed by atoms with Gasteiger partial charge in [0.15, 0.2) is 0 Å². The molecule has 1 atom stereocenters. The summed E-state index contributed by atoms with van der Waals surface area (Å²) in [6.07, 6.45) is 7.24. The van der Waals surface area contributed by atoms with Crippen molar-refractivity contribution in [3.05, 3.63) is 66.1 Å². The number of aromatic nitrogens is 4. The molecule has 3 aromatic heterocycles. The van der Waals surface area contributed by atoms with Crippen molar-refractivity contribution in [2.24, 2.45) is 0 Å². The molecule has 1 aromatic carbocycles. The number of nitrogens with zero attached hydrogens (tertiary/aromatic N) is 5. The first-order valence-corrected chi connectivity index (χ1v) is 13.6. The van der Waals surface area contributed by atoms with E-state index in [1.807, 2.05) is 4.90 Å². The van der Waals surface area contributed by atoms with Crippen LogP contribution in [0.15, 0.2) is 59.9 Å². The van der Waals surface area contributed by atoms with Crippen molar-refractivity contribution in [1.29, 1.82) is 0 Å². The molecule has 0 aliphatic carbocycles. The van der Waals surface area contributed by atoms with Crippen LogP contribution in [0.1, 0.15) is 17.2 Å². The first-order chi connectivity index (χ1) is 18.3. The summed E-state index contributed by atoms with van der Waals surface area (Å²) in [6, 6.07) is 7.60. The molecule has 1 unspecified atom stereocenters. The lowest BCUT2D eigenvalue weighted by Gasteiger charge is -2.32. The molecule has 4 heterocycles. The van der Waals surface area contributed by atoms with E-state index in [0.717, 1.165) is 16.3 Å². The number of benzene rings is 1. The zero-order chi connectivity index (χ0) is 26.7. The Labute approximate surface area is 221 Å². The topological polar surface area (TPSA) is 186 Å². The van der Waals surface area contributed by atoms with E-state index in [4.69, 9.17) is 15.7 Å². The number of carbonyl (C=O) groups excluding carboxylic acids is 1. The van der Waals surface area contributed by atoms with Crippen molar-refractivity contribution in [2.45, 2.75) is 11.0 Å². The van der Waals surface area contributed by atoms with Crippen LogP contribution in [0.4, 0.5) is 16.9 Å². The molecule has 1 saturated heterocycles. The summed E-state index contributed by atoms with van der Waals surface area (Å²) in [5.74, 6) is 0.00933. The maximum absolute atomic E-state index is 12.9. The minimum absolute atomic E-state index is 0.0523. The number of morpholine rings is 1. The van der Waals surface area contributed by atoms with Gasteiger partial charge in [0.1, 0.15) is 11.1 Å². The molecule has 0 radical (unpaired) electrons. The Balaban J connectivity index is 1.30. The molecule has 1 amide bonds. The summed E-state index contributed by atoms with van der Waals surface area (Å²) in [7, 11) is -3.86. The van der Waals surface area contributed by atoms with Crippen LogP contribution in [0.3, 0.4) is 0 Å². The van der Waals surface area contributed by atoms with Gasteiger partial charge in [0.2, 0.25) is 11.9 Å². The minimum atomic E-state index is -3.86. The number of hydroxylamine groups is 1. The van der Waals surface area contributed by atoms with Gasteiger partial charge in [-0.2, -0.15) is 0 Å². The molecule has 1 aliphatic heterocycles. The molecule has 0 spiro atoms. The highest BCUT2D eigenvalue weighted by Gasteiger charge is 2.25. The van der Waals surface area contributed by atoms with E-state index in [1.165, 1.54) is 35.0 Å². The van der Waals surface area contributed by atoms with Gasteiger partial charge in [-0.15, -0.1) is 11.3 Å². The maximum atomic E-state index is 12.9. The Morgan fingerprint density at radius 3 is 2.68 bits per heavy atom. The minimum Gasteiger partial charge on any atom is -0.370 e. The Morgan fingerprint density at radius 2 is 1.95 bits per heavy atom. The average Bonchev–Trinajstić information content (AvgIpc) is 3.33. The van der Waals surface area contributed by atoms with E-state index < -0.39 is 15.9 Å². The number of nitrogens with one attached hydrogen (secondary N) is 2. The molecule has 13 nitrogen and oxygen atoms in total. The summed E-state index contributed by atoms with van der Waals surface area (Å²) in [4.78, 5) is 30.3. The molecule has 1 aliphatic rings. The highest BCUT2D eigenvalue weighted by atomic mass is 32.2. The predicted molar refractivity (Wildman–Crippen MR) is 141 cm³/mol. The number of hydrogen-bond acceptors (Lipinski definition) is 12. The summed E-state index contributed by atoms with van der Waals surface area (Å²) in [5.41, 5.74) is 9.06. The van der Waals surface area contributed by atoms with Crippen molar-refractivity contribution in [2.75, 3.05) is 35.1 Å². The number of nitrogen functional groups attached to an aromatic ring is 1. The van der Waals surface area contributed by atoms with Gasteiger partial charge in [-0.1, -0.05) is 12.1 Å². The van der Waals surface area contributed by atoms with Gasteiger partial charge in [-0.05, 0) is 29.8 Å². The third-order valence-electron chi connectivity index (χ3n) is 5.63. The van der Waals surface area contributed by atoms with Gasteiger partial charge in [0.25, 0.3) is 15.9 Å². The maximum Gasteiger partial charge on any atom is 0.267 e. The first-order valence-electron chi connectivity index (χ1n) is 11.3. The van der Waals surface area contributed by atoms with Crippen LogP contribution < -0.4 is 20.8 Å². The second-order valence-corrected chi connectivity index (χ2v) is 11.0. The van der Waals surface area contributed by atoms with Gasteiger partial charge in [-0.25, -0.2) is 33.8 Å². The number of ether oxygens (including phenoxy) is 1. The molecule has 38 heavy (non-hydrogen) atoms. The molecule has 15 heteroatoms. The fourth-order valence-electron chi connectivity index (χ4n) is 3.74. The quantitative estimate of drug-likeness (QED) is 0.149. The molecule has 196 valence electrons. The molecule has 5 rings (SSSR count). The molecular weight excluding hydrogens is 532 g/mol. The summed E-state index contributed by atoms with van der Waals surface area (Å²) < 4.78 is 35.0. The number of amides is 1. The van der Waals surface area contributed by atoms with Crippen molar-refractivity contribution >= 4 is 60.5 Å². The van der Waals surface area contributed by atoms with Crippen LogP contribution in [0.2, 0.25) is 0 Å². The van der Waals surface area contributed by atoms with E-state index in [-0.39, 0.29) is 16.9 Å². The number of hydrogen-bond donors (Lipinski definition) is 4. The molecule has 5 N–H and O–H groups in total. The Kier molecular flexibility index (Phi) is 7.15. The molecule has 0 saturated carbocycles. The smallest absolute Gasteiger partial charge is 0.267 e. The van der Waals surface area contributed by atoms with Crippen molar-refractivity contribution in [3.8, 4) is 0 Å². The summed E-state index contributed by atoms with van der Waals surface area (Å²) >= 11 is 1.22. The van der Waals surface area contributed by atoms with Gasteiger partial charge in [-0.3, -0.25) is 14.7 Å². The van der Waals surface area contributed by atoms with Crippen LogP contribution >= 0.6 is 11.3 Å². The monoisotopic (exact) mass is 554 g/mol.